The molecule has 0 unspecified atom stereocenters. The minimum Gasteiger partial charge on any atom is -0.349 e. The van der Waals surface area contributed by atoms with Crippen LogP contribution in [-0.2, 0) is 0 Å². The Hall–Kier alpha value is -2.25. The van der Waals surface area contributed by atoms with Crippen LogP contribution in [0.4, 0.5) is 4.39 Å². The van der Waals surface area contributed by atoms with E-state index >= 15 is 0 Å². The number of fused-ring (bicyclic) bond motifs is 1. The van der Waals surface area contributed by atoms with E-state index in [0.29, 0.717) is 4.88 Å². The van der Waals surface area contributed by atoms with Crippen molar-refractivity contribution in [2.45, 2.75) is 25.8 Å². The van der Waals surface area contributed by atoms with Crippen molar-refractivity contribution in [1.29, 1.82) is 0 Å². The van der Waals surface area contributed by atoms with E-state index in [2.05, 4.69) is 15.7 Å². The highest BCUT2D eigenvalue weighted by molar-refractivity contribution is 7.20. The number of carbonyl (C=O) groups excluding carboxylic acids is 1. The molecule has 1 aliphatic rings. The van der Waals surface area contributed by atoms with Crippen LogP contribution in [-0.4, -0.2) is 34.8 Å². The summed E-state index contributed by atoms with van der Waals surface area (Å²) in [5.41, 5.74) is 1.64. The number of hydrogen-bond acceptors (Lipinski definition) is 4. The Morgan fingerprint density at radius 1 is 1.32 bits per heavy atom. The molecule has 0 spiro atoms. The van der Waals surface area contributed by atoms with Crippen LogP contribution in [0, 0.1) is 12.7 Å². The number of benzene rings is 1. The quantitative estimate of drug-likeness (QED) is 0.757. The molecule has 0 aliphatic carbocycles. The fourth-order valence-corrected chi connectivity index (χ4v) is 4.23. The zero-order chi connectivity index (χ0) is 17.4. The molecule has 2 aromatic heterocycles. The summed E-state index contributed by atoms with van der Waals surface area (Å²) in [5.74, 6) is -0.310. The predicted octanol–water partition coefficient (Wildman–Crippen LogP) is 3.02. The van der Waals surface area contributed by atoms with Gasteiger partial charge in [-0.25, -0.2) is 9.07 Å². The number of hydrogen-bond donors (Lipinski definition) is 2. The molecule has 0 radical (unpaired) electrons. The normalized spacial score (nSPS) is 15.6. The standard InChI is InChI=1S/C18H19FN4OS/c1-11-15-10-16(17(24)21-13-6-8-20-9-7-13)25-18(15)23(22-11)14-4-2-12(19)3-5-14/h2-5,10,13,20H,6-9H2,1H3,(H,21,24). The average molecular weight is 358 g/mol. The van der Waals surface area contributed by atoms with Gasteiger partial charge in [-0.1, -0.05) is 0 Å². The number of thiophene rings is 1. The molecular formula is C18H19FN4OS. The SMILES string of the molecule is Cc1nn(-c2ccc(F)cc2)c2sc(C(=O)NC3CCNCC3)cc12. The second kappa shape index (κ2) is 6.57. The van der Waals surface area contributed by atoms with Gasteiger partial charge in [-0.15, -0.1) is 11.3 Å². The van der Waals surface area contributed by atoms with Gasteiger partial charge in [-0.05, 0) is 63.2 Å². The van der Waals surface area contributed by atoms with Crippen LogP contribution >= 0.6 is 11.3 Å². The monoisotopic (exact) mass is 358 g/mol. The van der Waals surface area contributed by atoms with Gasteiger partial charge < -0.3 is 10.6 Å². The van der Waals surface area contributed by atoms with Crippen LogP contribution in [0.15, 0.2) is 30.3 Å². The molecule has 1 saturated heterocycles. The topological polar surface area (TPSA) is 59.0 Å². The number of nitrogens with zero attached hydrogens (tertiary/aromatic N) is 2. The smallest absolute Gasteiger partial charge is 0.261 e. The van der Waals surface area contributed by atoms with Crippen molar-refractivity contribution in [2.75, 3.05) is 13.1 Å². The largest absolute Gasteiger partial charge is 0.349 e. The van der Waals surface area contributed by atoms with Gasteiger partial charge in [-0.2, -0.15) is 5.10 Å². The minimum absolute atomic E-state index is 0.0295. The maximum Gasteiger partial charge on any atom is 0.261 e. The summed E-state index contributed by atoms with van der Waals surface area (Å²) in [4.78, 5) is 14.2. The molecule has 7 heteroatoms. The number of amides is 1. The van der Waals surface area contributed by atoms with E-state index in [0.717, 1.165) is 47.5 Å². The van der Waals surface area contributed by atoms with E-state index in [9.17, 15) is 9.18 Å². The second-order valence-electron chi connectivity index (χ2n) is 6.30. The summed E-state index contributed by atoms with van der Waals surface area (Å²) >= 11 is 1.42. The Bertz CT molecular complexity index is 909. The zero-order valence-electron chi connectivity index (χ0n) is 13.9. The van der Waals surface area contributed by atoms with E-state index in [1.54, 1.807) is 16.8 Å². The summed E-state index contributed by atoms with van der Waals surface area (Å²) in [6.07, 6.45) is 1.91. The Labute approximate surface area is 148 Å². The molecule has 25 heavy (non-hydrogen) atoms. The van der Waals surface area contributed by atoms with Gasteiger partial charge in [0.05, 0.1) is 16.3 Å². The third-order valence-electron chi connectivity index (χ3n) is 4.51. The maximum absolute atomic E-state index is 13.2. The Balaban J connectivity index is 1.64. The molecule has 0 saturated carbocycles. The van der Waals surface area contributed by atoms with Gasteiger partial charge >= 0.3 is 0 Å². The molecule has 4 rings (SSSR count). The van der Waals surface area contributed by atoms with E-state index in [1.807, 2.05) is 13.0 Å². The molecule has 1 amide bonds. The molecule has 0 atom stereocenters. The van der Waals surface area contributed by atoms with Crippen molar-refractivity contribution in [3.8, 4) is 5.69 Å². The highest BCUT2D eigenvalue weighted by Crippen LogP contribution is 2.30. The van der Waals surface area contributed by atoms with Crippen molar-refractivity contribution < 1.29 is 9.18 Å². The average Bonchev–Trinajstić information content (AvgIpc) is 3.18. The number of aromatic nitrogens is 2. The van der Waals surface area contributed by atoms with Gasteiger partial charge in [0.15, 0.2) is 0 Å². The molecule has 2 N–H and O–H groups in total. The van der Waals surface area contributed by atoms with Crippen LogP contribution in [0.5, 0.6) is 0 Å². The van der Waals surface area contributed by atoms with Gasteiger partial charge in [0.25, 0.3) is 5.91 Å². The van der Waals surface area contributed by atoms with E-state index in [-0.39, 0.29) is 17.8 Å². The molecule has 1 aromatic carbocycles. The Kier molecular flexibility index (Phi) is 4.27. The summed E-state index contributed by atoms with van der Waals surface area (Å²) in [6, 6.07) is 8.34. The third-order valence-corrected chi connectivity index (χ3v) is 5.62. The molecule has 3 heterocycles. The van der Waals surface area contributed by atoms with Crippen molar-refractivity contribution in [2.24, 2.45) is 0 Å². The highest BCUT2D eigenvalue weighted by Gasteiger charge is 2.20. The lowest BCUT2D eigenvalue weighted by Crippen LogP contribution is -2.42. The van der Waals surface area contributed by atoms with Crippen molar-refractivity contribution >= 4 is 27.5 Å². The van der Waals surface area contributed by atoms with Gasteiger partial charge in [0.1, 0.15) is 10.6 Å². The van der Waals surface area contributed by atoms with E-state index in [4.69, 9.17) is 0 Å². The first-order chi connectivity index (χ1) is 12.1. The van der Waals surface area contributed by atoms with Crippen molar-refractivity contribution in [3.63, 3.8) is 0 Å². The van der Waals surface area contributed by atoms with Crippen molar-refractivity contribution in [1.82, 2.24) is 20.4 Å². The number of piperidine rings is 1. The van der Waals surface area contributed by atoms with E-state index < -0.39 is 0 Å². The Morgan fingerprint density at radius 3 is 2.76 bits per heavy atom. The minimum atomic E-state index is -0.280. The lowest BCUT2D eigenvalue weighted by molar-refractivity contribution is 0.0934. The summed E-state index contributed by atoms with van der Waals surface area (Å²) in [7, 11) is 0. The number of aryl methyl sites for hydroxylation is 1. The lowest BCUT2D eigenvalue weighted by Gasteiger charge is -2.23. The maximum atomic E-state index is 13.2. The Morgan fingerprint density at radius 2 is 2.04 bits per heavy atom. The van der Waals surface area contributed by atoms with Crippen LogP contribution in [0.3, 0.4) is 0 Å². The third kappa shape index (κ3) is 3.17. The van der Waals surface area contributed by atoms with Crippen LogP contribution in [0.25, 0.3) is 15.9 Å². The van der Waals surface area contributed by atoms with Gasteiger partial charge in [0, 0.05) is 11.4 Å². The number of halogens is 1. The second-order valence-corrected chi connectivity index (χ2v) is 7.33. The first-order valence-electron chi connectivity index (χ1n) is 8.38. The molecule has 3 aromatic rings. The van der Waals surface area contributed by atoms with Crippen LogP contribution < -0.4 is 10.6 Å². The molecule has 130 valence electrons. The zero-order valence-corrected chi connectivity index (χ0v) is 14.7. The first kappa shape index (κ1) is 16.2. The lowest BCUT2D eigenvalue weighted by atomic mass is 10.1. The molecule has 1 aliphatic heterocycles. The molecule has 0 bridgehead atoms. The fourth-order valence-electron chi connectivity index (χ4n) is 3.14. The summed E-state index contributed by atoms with van der Waals surface area (Å²) in [5, 5.41) is 11.9. The molecule has 1 fully saturated rings. The van der Waals surface area contributed by atoms with E-state index in [1.165, 1.54) is 23.5 Å². The summed E-state index contributed by atoms with van der Waals surface area (Å²) < 4.78 is 14.9. The number of rotatable bonds is 3. The van der Waals surface area contributed by atoms with Crippen LogP contribution in [0.1, 0.15) is 28.2 Å². The molecular weight excluding hydrogens is 339 g/mol. The summed E-state index contributed by atoms with van der Waals surface area (Å²) in [6.45, 7) is 3.80. The predicted molar refractivity (Wildman–Crippen MR) is 97.0 cm³/mol. The van der Waals surface area contributed by atoms with Crippen LogP contribution in [0.2, 0.25) is 0 Å². The van der Waals surface area contributed by atoms with Gasteiger partial charge in [0.2, 0.25) is 0 Å². The highest BCUT2D eigenvalue weighted by atomic mass is 32.1. The van der Waals surface area contributed by atoms with Crippen molar-refractivity contribution in [3.05, 3.63) is 46.7 Å². The van der Waals surface area contributed by atoms with Gasteiger partial charge in [-0.3, -0.25) is 4.79 Å². The first-order valence-corrected chi connectivity index (χ1v) is 9.20. The molecule has 5 nitrogen and oxygen atoms in total. The number of nitrogens with one attached hydrogen (secondary N) is 2. The number of carbonyl (C=O) groups is 1. The fraction of sp³-hybridized carbons (Fsp3) is 0.333.